The Morgan fingerprint density at radius 3 is 2.39 bits per heavy atom. The molecule has 0 aromatic heterocycles. The molecular formula is C21H18Cl2N2O2S. The van der Waals surface area contributed by atoms with Crippen LogP contribution < -0.4 is 4.90 Å². The number of halogens is 2. The van der Waals surface area contributed by atoms with E-state index < -0.39 is 0 Å². The van der Waals surface area contributed by atoms with E-state index in [1.807, 2.05) is 49.3 Å². The number of nitrogens with zero attached hydrogens (tertiary/aromatic N) is 2. The van der Waals surface area contributed by atoms with Crippen LogP contribution in [-0.4, -0.2) is 30.1 Å². The molecule has 2 aromatic rings. The van der Waals surface area contributed by atoms with Crippen LogP contribution in [0.15, 0.2) is 59.5 Å². The Kier molecular flexibility index (Phi) is 6.50. The number of carbonyl (C=O) groups is 2. The summed E-state index contributed by atoms with van der Waals surface area (Å²) in [6.45, 7) is 0.161. The standard InChI is InChI=1S/C21H18Cl2N2O2S/c1-24(2)16-9-6-14(7-10-16)4-3-5-19-20(26)25(21(27)28-19)13-15-8-11-17(22)18(23)12-15/h3-12H,13H2,1-2H3/b4-3+,19-5-. The van der Waals surface area contributed by atoms with Crippen molar-refractivity contribution in [1.82, 2.24) is 4.90 Å². The highest BCUT2D eigenvalue weighted by Gasteiger charge is 2.34. The molecule has 0 atom stereocenters. The zero-order valence-corrected chi connectivity index (χ0v) is 17.7. The largest absolute Gasteiger partial charge is 0.378 e. The first-order valence-corrected chi connectivity index (χ1v) is 10.1. The van der Waals surface area contributed by atoms with Gasteiger partial charge in [-0.25, -0.2) is 0 Å². The summed E-state index contributed by atoms with van der Waals surface area (Å²) in [6, 6.07) is 13.1. The van der Waals surface area contributed by atoms with E-state index in [-0.39, 0.29) is 17.7 Å². The zero-order valence-electron chi connectivity index (χ0n) is 15.4. The molecule has 1 aliphatic rings. The van der Waals surface area contributed by atoms with E-state index in [1.54, 1.807) is 30.4 Å². The maximum absolute atomic E-state index is 12.6. The number of thioether (sulfide) groups is 1. The lowest BCUT2D eigenvalue weighted by atomic mass is 10.2. The fourth-order valence-corrected chi connectivity index (χ4v) is 3.71. The fraction of sp³-hybridized carbons (Fsp3) is 0.143. The van der Waals surface area contributed by atoms with Crippen LogP contribution in [0.4, 0.5) is 10.5 Å². The second kappa shape index (κ2) is 8.86. The number of benzene rings is 2. The summed E-state index contributed by atoms with van der Waals surface area (Å²) in [5.74, 6) is -0.311. The predicted molar refractivity (Wildman–Crippen MR) is 118 cm³/mol. The van der Waals surface area contributed by atoms with Gasteiger partial charge in [-0.15, -0.1) is 0 Å². The highest BCUT2D eigenvalue weighted by Crippen LogP contribution is 2.32. The molecular weight excluding hydrogens is 415 g/mol. The molecule has 0 unspecified atom stereocenters. The van der Waals surface area contributed by atoms with Gasteiger partial charge in [0.25, 0.3) is 11.1 Å². The average Bonchev–Trinajstić information content (AvgIpc) is 2.93. The lowest BCUT2D eigenvalue weighted by Crippen LogP contribution is -2.27. The maximum Gasteiger partial charge on any atom is 0.293 e. The smallest absolute Gasteiger partial charge is 0.293 e. The van der Waals surface area contributed by atoms with Crippen LogP contribution in [0.2, 0.25) is 10.0 Å². The van der Waals surface area contributed by atoms with Gasteiger partial charge >= 0.3 is 0 Å². The first-order chi connectivity index (χ1) is 13.3. The lowest BCUT2D eigenvalue weighted by molar-refractivity contribution is -0.123. The first-order valence-electron chi connectivity index (χ1n) is 8.48. The molecule has 144 valence electrons. The molecule has 2 amide bonds. The van der Waals surface area contributed by atoms with E-state index in [4.69, 9.17) is 23.2 Å². The second-order valence-corrected chi connectivity index (χ2v) is 8.19. The second-order valence-electron chi connectivity index (χ2n) is 6.38. The van der Waals surface area contributed by atoms with Crippen LogP contribution in [-0.2, 0) is 11.3 Å². The number of hydrogen-bond acceptors (Lipinski definition) is 4. The molecule has 1 heterocycles. The third-order valence-corrected chi connectivity index (χ3v) is 5.81. The van der Waals surface area contributed by atoms with Crippen LogP contribution in [0.5, 0.6) is 0 Å². The van der Waals surface area contributed by atoms with Gasteiger partial charge in [0, 0.05) is 19.8 Å². The maximum atomic E-state index is 12.6. The molecule has 28 heavy (non-hydrogen) atoms. The van der Waals surface area contributed by atoms with Crippen molar-refractivity contribution in [3.8, 4) is 0 Å². The predicted octanol–water partition coefficient (Wildman–Crippen LogP) is 5.85. The van der Waals surface area contributed by atoms with Gasteiger partial charge in [0.05, 0.1) is 21.5 Å². The summed E-state index contributed by atoms with van der Waals surface area (Å²) in [5, 5.41) is 0.527. The fourth-order valence-electron chi connectivity index (χ4n) is 2.60. The van der Waals surface area contributed by atoms with Gasteiger partial charge in [0.1, 0.15) is 0 Å². The number of imide groups is 1. The van der Waals surface area contributed by atoms with E-state index in [0.717, 1.165) is 28.6 Å². The van der Waals surface area contributed by atoms with Gasteiger partial charge in [-0.2, -0.15) is 0 Å². The summed E-state index contributed by atoms with van der Waals surface area (Å²) >= 11 is 12.8. The van der Waals surface area contributed by atoms with Crippen molar-refractivity contribution in [3.05, 3.63) is 80.7 Å². The Hall–Kier alpha value is -2.21. The summed E-state index contributed by atoms with van der Waals surface area (Å²) < 4.78 is 0. The average molecular weight is 433 g/mol. The van der Waals surface area contributed by atoms with Crippen molar-refractivity contribution in [1.29, 1.82) is 0 Å². The molecule has 0 aliphatic carbocycles. The van der Waals surface area contributed by atoms with Gasteiger partial charge in [-0.05, 0) is 53.2 Å². The highest BCUT2D eigenvalue weighted by atomic mass is 35.5. The van der Waals surface area contributed by atoms with Gasteiger partial charge in [-0.3, -0.25) is 14.5 Å². The molecule has 1 aliphatic heterocycles. The molecule has 0 saturated carbocycles. The minimum atomic E-state index is -0.311. The van der Waals surface area contributed by atoms with Crippen molar-refractivity contribution >= 4 is 57.9 Å². The number of hydrogen-bond donors (Lipinski definition) is 0. The van der Waals surface area contributed by atoms with Crippen LogP contribution in [0.1, 0.15) is 11.1 Å². The number of carbonyl (C=O) groups excluding carboxylic acids is 2. The molecule has 4 nitrogen and oxygen atoms in total. The minimum Gasteiger partial charge on any atom is -0.378 e. The van der Waals surface area contributed by atoms with Crippen LogP contribution in [0.25, 0.3) is 6.08 Å². The van der Waals surface area contributed by atoms with E-state index in [1.165, 1.54) is 4.90 Å². The van der Waals surface area contributed by atoms with E-state index >= 15 is 0 Å². The van der Waals surface area contributed by atoms with Crippen molar-refractivity contribution in [2.45, 2.75) is 6.54 Å². The van der Waals surface area contributed by atoms with Crippen LogP contribution in [0, 0.1) is 0 Å². The molecule has 0 spiro atoms. The normalized spacial score (nSPS) is 15.9. The molecule has 0 radical (unpaired) electrons. The van der Waals surface area contributed by atoms with Gasteiger partial charge in [0.15, 0.2) is 0 Å². The van der Waals surface area contributed by atoms with Crippen molar-refractivity contribution in [2.24, 2.45) is 0 Å². The monoisotopic (exact) mass is 432 g/mol. The van der Waals surface area contributed by atoms with Crippen molar-refractivity contribution in [3.63, 3.8) is 0 Å². The van der Waals surface area contributed by atoms with Crippen LogP contribution in [0.3, 0.4) is 0 Å². The Balaban J connectivity index is 1.69. The van der Waals surface area contributed by atoms with E-state index in [9.17, 15) is 9.59 Å². The third-order valence-electron chi connectivity index (χ3n) is 4.14. The van der Waals surface area contributed by atoms with Gasteiger partial charge in [0.2, 0.25) is 0 Å². The Bertz CT molecular complexity index is 969. The topological polar surface area (TPSA) is 40.6 Å². The van der Waals surface area contributed by atoms with Gasteiger partial charge < -0.3 is 4.90 Å². The Labute approximate surface area is 178 Å². The number of allylic oxidation sites excluding steroid dienone is 2. The number of anilines is 1. The number of rotatable bonds is 5. The highest BCUT2D eigenvalue weighted by molar-refractivity contribution is 8.18. The summed E-state index contributed by atoms with van der Waals surface area (Å²) in [4.78, 5) is 28.4. The molecule has 1 fully saturated rings. The molecule has 0 bridgehead atoms. The van der Waals surface area contributed by atoms with Gasteiger partial charge in [-0.1, -0.05) is 53.6 Å². The van der Waals surface area contributed by atoms with Crippen molar-refractivity contribution < 1.29 is 9.59 Å². The molecule has 7 heteroatoms. The molecule has 3 rings (SSSR count). The number of amides is 2. The Morgan fingerprint density at radius 2 is 1.75 bits per heavy atom. The summed E-state index contributed by atoms with van der Waals surface area (Å²) in [5.41, 5.74) is 2.87. The van der Waals surface area contributed by atoms with Crippen molar-refractivity contribution in [2.75, 3.05) is 19.0 Å². The molecule has 0 N–H and O–H groups in total. The first kappa shape index (κ1) is 20.5. The SMILES string of the molecule is CN(C)c1ccc(/C=C/C=C2\SC(=O)N(Cc3ccc(Cl)c(Cl)c3)C2=O)cc1. The quantitative estimate of drug-likeness (QED) is 0.555. The van der Waals surface area contributed by atoms with Crippen LogP contribution >= 0.6 is 35.0 Å². The molecule has 1 saturated heterocycles. The Morgan fingerprint density at radius 1 is 1.04 bits per heavy atom. The molecule has 2 aromatic carbocycles. The lowest BCUT2D eigenvalue weighted by Gasteiger charge is -2.12. The summed E-state index contributed by atoms with van der Waals surface area (Å²) in [6.07, 6.45) is 5.34. The van der Waals surface area contributed by atoms with E-state index in [2.05, 4.69) is 0 Å². The zero-order chi connectivity index (χ0) is 20.3. The minimum absolute atomic E-state index is 0.161. The third kappa shape index (κ3) is 4.79. The summed E-state index contributed by atoms with van der Waals surface area (Å²) in [7, 11) is 3.97. The van der Waals surface area contributed by atoms with E-state index in [0.29, 0.717) is 15.0 Å².